The van der Waals surface area contributed by atoms with E-state index in [1.807, 2.05) is 7.11 Å². The SMILES string of the molecule is CO[C@H]1CC[C@@]2(C)C(=CCC3C4CCOC[C@@]4(C)CCC32)C1. The summed E-state index contributed by atoms with van der Waals surface area (Å²) < 4.78 is 11.5. The molecule has 3 unspecified atom stereocenters. The lowest BCUT2D eigenvalue weighted by atomic mass is 9.47. The van der Waals surface area contributed by atoms with Crippen molar-refractivity contribution in [2.24, 2.45) is 28.6 Å². The van der Waals surface area contributed by atoms with Gasteiger partial charge in [-0.2, -0.15) is 0 Å². The number of ether oxygens (including phenoxy) is 2. The maximum Gasteiger partial charge on any atom is 0.0608 e. The van der Waals surface area contributed by atoms with Gasteiger partial charge in [-0.05, 0) is 73.5 Å². The van der Waals surface area contributed by atoms with Crippen LogP contribution in [0.25, 0.3) is 0 Å². The monoisotopic (exact) mass is 304 g/mol. The Morgan fingerprint density at radius 2 is 2.00 bits per heavy atom. The van der Waals surface area contributed by atoms with Gasteiger partial charge in [0.25, 0.3) is 0 Å². The third-order valence-corrected chi connectivity index (χ3v) is 7.92. The quantitative estimate of drug-likeness (QED) is 0.660. The minimum absolute atomic E-state index is 0.449. The lowest BCUT2D eigenvalue weighted by Crippen LogP contribution is -2.53. The van der Waals surface area contributed by atoms with Crippen LogP contribution in [0.5, 0.6) is 0 Å². The molecule has 1 aliphatic heterocycles. The van der Waals surface area contributed by atoms with Crippen LogP contribution in [-0.4, -0.2) is 26.4 Å². The average molecular weight is 304 g/mol. The van der Waals surface area contributed by atoms with Crippen LogP contribution in [0.4, 0.5) is 0 Å². The van der Waals surface area contributed by atoms with Crippen LogP contribution < -0.4 is 0 Å². The van der Waals surface area contributed by atoms with E-state index in [0.29, 0.717) is 16.9 Å². The van der Waals surface area contributed by atoms with Gasteiger partial charge in [0.05, 0.1) is 12.7 Å². The Morgan fingerprint density at radius 1 is 1.14 bits per heavy atom. The molecule has 6 atom stereocenters. The van der Waals surface area contributed by atoms with Crippen molar-refractivity contribution >= 4 is 0 Å². The number of methoxy groups -OCH3 is 1. The summed E-state index contributed by atoms with van der Waals surface area (Å²) in [5.74, 6) is 2.69. The lowest BCUT2D eigenvalue weighted by Gasteiger charge is -2.59. The third kappa shape index (κ3) is 2.13. The van der Waals surface area contributed by atoms with Gasteiger partial charge < -0.3 is 9.47 Å². The van der Waals surface area contributed by atoms with Gasteiger partial charge in [0, 0.05) is 13.7 Å². The van der Waals surface area contributed by atoms with Crippen LogP contribution in [-0.2, 0) is 9.47 Å². The van der Waals surface area contributed by atoms with Crippen molar-refractivity contribution in [3.05, 3.63) is 11.6 Å². The minimum atomic E-state index is 0.449. The number of allylic oxidation sites excluding steroid dienone is 1. The Labute approximate surface area is 135 Å². The summed E-state index contributed by atoms with van der Waals surface area (Å²) in [6.07, 6.45) is 12.2. The summed E-state index contributed by atoms with van der Waals surface area (Å²) in [5, 5.41) is 0. The van der Waals surface area contributed by atoms with Crippen molar-refractivity contribution in [2.75, 3.05) is 20.3 Å². The first kappa shape index (κ1) is 15.2. The highest BCUT2D eigenvalue weighted by molar-refractivity contribution is 5.25. The van der Waals surface area contributed by atoms with E-state index >= 15 is 0 Å². The van der Waals surface area contributed by atoms with Crippen LogP contribution in [0.15, 0.2) is 11.6 Å². The van der Waals surface area contributed by atoms with Gasteiger partial charge in [-0.15, -0.1) is 0 Å². The molecule has 0 amide bonds. The summed E-state index contributed by atoms with van der Waals surface area (Å²) in [6, 6.07) is 0. The Kier molecular flexibility index (Phi) is 3.69. The van der Waals surface area contributed by atoms with Gasteiger partial charge in [-0.25, -0.2) is 0 Å². The van der Waals surface area contributed by atoms with Gasteiger partial charge >= 0.3 is 0 Å². The zero-order chi connectivity index (χ0) is 15.4. The first-order valence-corrected chi connectivity index (χ1v) is 9.37. The molecule has 0 radical (unpaired) electrons. The standard InChI is InChI=1S/C20H32O2/c1-19-9-7-18-16(17(19)8-11-22-13-19)5-4-14-12-15(21-3)6-10-20(14,18)2/h4,15-18H,5-13H2,1-3H3/t15-,16?,17?,18?,19+,20-/m0/s1. The molecular formula is C20H32O2. The van der Waals surface area contributed by atoms with Crippen molar-refractivity contribution in [1.29, 1.82) is 0 Å². The normalized spacial score (nSPS) is 51.3. The molecule has 3 aliphatic carbocycles. The van der Waals surface area contributed by atoms with Crippen LogP contribution in [0, 0.1) is 28.6 Å². The Bertz CT molecular complexity index is 470. The molecule has 0 bridgehead atoms. The molecule has 2 heteroatoms. The largest absolute Gasteiger partial charge is 0.381 e. The maximum absolute atomic E-state index is 5.85. The van der Waals surface area contributed by atoms with E-state index in [9.17, 15) is 0 Å². The smallest absolute Gasteiger partial charge is 0.0608 e. The lowest BCUT2D eigenvalue weighted by molar-refractivity contribution is -0.125. The van der Waals surface area contributed by atoms with Gasteiger partial charge in [0.1, 0.15) is 0 Å². The van der Waals surface area contributed by atoms with Crippen LogP contribution in [0.3, 0.4) is 0 Å². The zero-order valence-corrected chi connectivity index (χ0v) is 14.6. The van der Waals surface area contributed by atoms with Crippen molar-refractivity contribution < 1.29 is 9.47 Å². The van der Waals surface area contributed by atoms with Crippen molar-refractivity contribution in [3.63, 3.8) is 0 Å². The topological polar surface area (TPSA) is 18.5 Å². The van der Waals surface area contributed by atoms with E-state index in [2.05, 4.69) is 19.9 Å². The minimum Gasteiger partial charge on any atom is -0.381 e. The molecule has 124 valence electrons. The Morgan fingerprint density at radius 3 is 2.82 bits per heavy atom. The third-order valence-electron chi connectivity index (χ3n) is 7.92. The van der Waals surface area contributed by atoms with Crippen molar-refractivity contribution in [2.45, 2.75) is 64.9 Å². The fourth-order valence-corrected chi connectivity index (χ4v) is 6.48. The first-order chi connectivity index (χ1) is 10.6. The average Bonchev–Trinajstić information content (AvgIpc) is 2.53. The maximum atomic E-state index is 5.85. The number of rotatable bonds is 1. The predicted octanol–water partition coefficient (Wildman–Crippen LogP) is 4.59. The molecule has 2 saturated carbocycles. The second kappa shape index (κ2) is 5.34. The summed E-state index contributed by atoms with van der Waals surface area (Å²) in [7, 11) is 1.88. The van der Waals surface area contributed by atoms with E-state index in [4.69, 9.17) is 9.47 Å². The zero-order valence-electron chi connectivity index (χ0n) is 14.6. The molecule has 0 aromatic heterocycles. The predicted molar refractivity (Wildman–Crippen MR) is 88.7 cm³/mol. The van der Waals surface area contributed by atoms with Crippen LogP contribution in [0.1, 0.15) is 58.8 Å². The second-order valence-corrected chi connectivity index (χ2v) is 8.89. The highest BCUT2D eigenvalue weighted by Crippen LogP contribution is 2.62. The second-order valence-electron chi connectivity index (χ2n) is 8.89. The summed E-state index contributed by atoms with van der Waals surface area (Å²) in [6.45, 7) is 7.06. The van der Waals surface area contributed by atoms with E-state index < -0.39 is 0 Å². The summed E-state index contributed by atoms with van der Waals surface area (Å²) in [4.78, 5) is 0. The van der Waals surface area contributed by atoms with E-state index in [1.54, 1.807) is 5.57 Å². The van der Waals surface area contributed by atoms with Crippen molar-refractivity contribution in [3.8, 4) is 0 Å². The fraction of sp³-hybridized carbons (Fsp3) is 0.900. The number of hydrogen-bond donors (Lipinski definition) is 0. The molecule has 0 spiro atoms. The molecule has 3 fully saturated rings. The van der Waals surface area contributed by atoms with Gasteiger partial charge in [0.15, 0.2) is 0 Å². The molecule has 1 saturated heterocycles. The van der Waals surface area contributed by atoms with Crippen molar-refractivity contribution in [1.82, 2.24) is 0 Å². The molecule has 0 aromatic carbocycles. The Balaban J connectivity index is 1.63. The summed E-state index contributed by atoms with van der Waals surface area (Å²) in [5.41, 5.74) is 2.63. The summed E-state index contributed by atoms with van der Waals surface area (Å²) >= 11 is 0. The highest BCUT2D eigenvalue weighted by Gasteiger charge is 2.55. The van der Waals surface area contributed by atoms with E-state index in [1.165, 1.54) is 44.9 Å². The molecule has 4 rings (SSSR count). The molecule has 2 nitrogen and oxygen atoms in total. The molecule has 0 aromatic rings. The Hall–Kier alpha value is -0.340. The van der Waals surface area contributed by atoms with Crippen LogP contribution in [0.2, 0.25) is 0 Å². The highest BCUT2D eigenvalue weighted by atomic mass is 16.5. The molecule has 4 aliphatic rings. The van der Waals surface area contributed by atoms with E-state index in [-0.39, 0.29) is 0 Å². The van der Waals surface area contributed by atoms with Gasteiger partial charge in [-0.3, -0.25) is 0 Å². The van der Waals surface area contributed by atoms with E-state index in [0.717, 1.165) is 31.0 Å². The van der Waals surface area contributed by atoms with Crippen LogP contribution >= 0.6 is 0 Å². The number of fused-ring (bicyclic) bond motifs is 5. The first-order valence-electron chi connectivity index (χ1n) is 9.37. The van der Waals surface area contributed by atoms with Gasteiger partial charge in [-0.1, -0.05) is 25.5 Å². The molecule has 22 heavy (non-hydrogen) atoms. The molecule has 1 heterocycles. The van der Waals surface area contributed by atoms with Gasteiger partial charge in [0.2, 0.25) is 0 Å². The molecular weight excluding hydrogens is 272 g/mol. The fourth-order valence-electron chi connectivity index (χ4n) is 6.48. The molecule has 0 N–H and O–H groups in total. The number of hydrogen-bond acceptors (Lipinski definition) is 2.